The molecule has 0 amide bonds. The molecular weight excluding hydrogens is 384 g/mol. The summed E-state index contributed by atoms with van der Waals surface area (Å²) in [4.78, 5) is 10.2. The second kappa shape index (κ2) is 8.61. The second-order valence-electron chi connectivity index (χ2n) is 7.87. The molecule has 1 aliphatic heterocycles. The van der Waals surface area contributed by atoms with Crippen molar-refractivity contribution in [1.29, 1.82) is 0 Å². The Kier molecular flexibility index (Phi) is 5.94. The minimum Gasteiger partial charge on any atom is -0.486 e. The van der Waals surface area contributed by atoms with Crippen molar-refractivity contribution in [3.63, 3.8) is 0 Å². The molecule has 1 saturated carbocycles. The highest BCUT2D eigenvalue weighted by atomic mass is 32.1. The van der Waals surface area contributed by atoms with Crippen LogP contribution in [0.4, 0.5) is 0 Å². The molecule has 0 saturated heterocycles. The minimum absolute atomic E-state index is 0.102. The highest BCUT2D eigenvalue weighted by Crippen LogP contribution is 2.43. The van der Waals surface area contributed by atoms with E-state index in [1.807, 2.05) is 14.0 Å². The lowest BCUT2D eigenvalue weighted by Gasteiger charge is -2.32. The molecule has 2 aliphatic rings. The number of hydrogen-bond donors (Lipinski definition) is 2. The predicted molar refractivity (Wildman–Crippen MR) is 117 cm³/mol. The fourth-order valence-corrected chi connectivity index (χ4v) is 5.24. The zero-order valence-electron chi connectivity index (χ0n) is 17.5. The quantitative estimate of drug-likeness (QED) is 0.577. The van der Waals surface area contributed by atoms with Crippen molar-refractivity contribution >= 4 is 17.3 Å². The third-order valence-electron chi connectivity index (χ3n) is 5.95. The Balaban J connectivity index is 1.44. The van der Waals surface area contributed by atoms with Crippen LogP contribution in [0.15, 0.2) is 23.2 Å². The SMILES string of the molecule is CN=C(NCc1sc(C)nc1C)NCC1(c2ccc3c(c2)OCCO3)CCCC1. The summed E-state index contributed by atoms with van der Waals surface area (Å²) in [6.45, 7) is 6.95. The zero-order valence-corrected chi connectivity index (χ0v) is 18.3. The van der Waals surface area contributed by atoms with E-state index in [0.29, 0.717) is 13.2 Å². The Hall–Kier alpha value is -2.28. The molecule has 7 heteroatoms. The lowest BCUT2D eigenvalue weighted by molar-refractivity contribution is 0.171. The number of thiazole rings is 1. The van der Waals surface area contributed by atoms with Crippen LogP contribution in [0, 0.1) is 13.8 Å². The van der Waals surface area contributed by atoms with Gasteiger partial charge >= 0.3 is 0 Å². The zero-order chi connectivity index (χ0) is 20.3. The molecular formula is C22H30N4O2S. The average molecular weight is 415 g/mol. The Bertz CT molecular complexity index is 887. The van der Waals surface area contributed by atoms with E-state index in [1.54, 1.807) is 11.3 Å². The number of hydrogen-bond acceptors (Lipinski definition) is 5. The Labute approximate surface area is 176 Å². The van der Waals surface area contributed by atoms with E-state index < -0.39 is 0 Å². The second-order valence-corrected chi connectivity index (χ2v) is 9.15. The number of ether oxygens (including phenoxy) is 2. The lowest BCUT2D eigenvalue weighted by Crippen LogP contribution is -2.44. The van der Waals surface area contributed by atoms with E-state index in [9.17, 15) is 0 Å². The van der Waals surface area contributed by atoms with Gasteiger partial charge in [-0.1, -0.05) is 18.9 Å². The van der Waals surface area contributed by atoms with Gasteiger partial charge in [-0.15, -0.1) is 11.3 Å². The number of nitrogens with zero attached hydrogens (tertiary/aromatic N) is 2. The fourth-order valence-electron chi connectivity index (χ4n) is 4.37. The molecule has 0 atom stereocenters. The highest BCUT2D eigenvalue weighted by Gasteiger charge is 2.36. The molecule has 0 spiro atoms. The van der Waals surface area contributed by atoms with E-state index in [4.69, 9.17) is 9.47 Å². The summed E-state index contributed by atoms with van der Waals surface area (Å²) in [7, 11) is 1.82. The number of rotatable bonds is 5. The van der Waals surface area contributed by atoms with Gasteiger partial charge in [0.2, 0.25) is 0 Å². The van der Waals surface area contributed by atoms with Crippen molar-refractivity contribution < 1.29 is 9.47 Å². The molecule has 156 valence electrons. The molecule has 4 rings (SSSR count). The van der Waals surface area contributed by atoms with Crippen LogP contribution >= 0.6 is 11.3 Å². The monoisotopic (exact) mass is 414 g/mol. The van der Waals surface area contributed by atoms with Crippen LogP contribution in [-0.4, -0.2) is 37.7 Å². The molecule has 1 aromatic heterocycles. The molecule has 2 aromatic rings. The summed E-state index contributed by atoms with van der Waals surface area (Å²) in [6, 6.07) is 6.45. The molecule has 1 aliphatic carbocycles. The average Bonchev–Trinajstić information content (AvgIpc) is 3.34. The Morgan fingerprint density at radius 1 is 1.14 bits per heavy atom. The van der Waals surface area contributed by atoms with Gasteiger partial charge in [-0.25, -0.2) is 4.98 Å². The van der Waals surface area contributed by atoms with E-state index in [2.05, 4.69) is 45.7 Å². The van der Waals surface area contributed by atoms with Crippen molar-refractivity contribution in [2.24, 2.45) is 4.99 Å². The number of guanidine groups is 1. The summed E-state index contributed by atoms with van der Waals surface area (Å²) >= 11 is 1.74. The molecule has 0 unspecified atom stereocenters. The van der Waals surface area contributed by atoms with Crippen molar-refractivity contribution in [2.75, 3.05) is 26.8 Å². The van der Waals surface area contributed by atoms with Crippen LogP contribution in [0.3, 0.4) is 0 Å². The van der Waals surface area contributed by atoms with Crippen molar-refractivity contribution in [3.8, 4) is 11.5 Å². The maximum Gasteiger partial charge on any atom is 0.191 e. The maximum absolute atomic E-state index is 5.83. The standard InChI is InChI=1S/C22H30N4O2S/c1-15-20(29-16(2)26-15)13-24-21(23-3)25-14-22(8-4-5-9-22)17-6-7-18-19(12-17)28-11-10-27-18/h6-7,12H,4-5,8-11,13-14H2,1-3H3,(H2,23,24,25). The Morgan fingerprint density at radius 2 is 1.90 bits per heavy atom. The number of fused-ring (bicyclic) bond motifs is 1. The van der Waals surface area contributed by atoms with Gasteiger partial charge < -0.3 is 20.1 Å². The van der Waals surface area contributed by atoms with Gasteiger partial charge in [0.05, 0.1) is 17.2 Å². The first kappa shape index (κ1) is 20.0. The van der Waals surface area contributed by atoms with E-state index in [1.165, 1.54) is 36.1 Å². The summed E-state index contributed by atoms with van der Waals surface area (Å²) < 4.78 is 11.5. The number of nitrogens with one attached hydrogen (secondary N) is 2. The number of aryl methyl sites for hydroxylation is 2. The molecule has 0 bridgehead atoms. The van der Waals surface area contributed by atoms with Gasteiger partial charge in [-0.2, -0.15) is 0 Å². The topological polar surface area (TPSA) is 67.8 Å². The summed E-state index contributed by atoms with van der Waals surface area (Å²) in [6.07, 6.45) is 4.84. The first-order valence-corrected chi connectivity index (χ1v) is 11.2. The normalized spacial score (nSPS) is 18.0. The van der Waals surface area contributed by atoms with Gasteiger partial charge in [0, 0.05) is 23.9 Å². The molecule has 6 nitrogen and oxygen atoms in total. The van der Waals surface area contributed by atoms with Crippen LogP contribution in [0.2, 0.25) is 0 Å². The van der Waals surface area contributed by atoms with Gasteiger partial charge in [-0.3, -0.25) is 4.99 Å². The molecule has 1 fully saturated rings. The van der Waals surface area contributed by atoms with Crippen LogP contribution in [0.25, 0.3) is 0 Å². The van der Waals surface area contributed by atoms with Crippen molar-refractivity contribution in [3.05, 3.63) is 39.3 Å². The summed E-state index contributed by atoms with van der Waals surface area (Å²) in [5, 5.41) is 8.13. The molecule has 0 radical (unpaired) electrons. The third-order valence-corrected chi connectivity index (χ3v) is 7.02. The predicted octanol–water partition coefficient (Wildman–Crippen LogP) is 3.71. The van der Waals surface area contributed by atoms with Crippen LogP contribution in [0.5, 0.6) is 11.5 Å². The molecule has 2 heterocycles. The van der Waals surface area contributed by atoms with E-state index in [-0.39, 0.29) is 5.41 Å². The number of benzene rings is 1. The smallest absolute Gasteiger partial charge is 0.191 e. The van der Waals surface area contributed by atoms with Crippen LogP contribution in [-0.2, 0) is 12.0 Å². The number of aliphatic imine (C=N–C) groups is 1. The first-order chi connectivity index (χ1) is 14.1. The summed E-state index contributed by atoms with van der Waals surface area (Å²) in [5.74, 6) is 2.56. The fraction of sp³-hybridized carbons (Fsp3) is 0.545. The molecule has 2 N–H and O–H groups in total. The number of aromatic nitrogens is 1. The van der Waals surface area contributed by atoms with Crippen LogP contribution < -0.4 is 20.1 Å². The summed E-state index contributed by atoms with van der Waals surface area (Å²) in [5.41, 5.74) is 2.53. The lowest BCUT2D eigenvalue weighted by atomic mass is 9.78. The largest absolute Gasteiger partial charge is 0.486 e. The van der Waals surface area contributed by atoms with E-state index >= 15 is 0 Å². The Morgan fingerprint density at radius 3 is 2.59 bits per heavy atom. The van der Waals surface area contributed by atoms with Crippen LogP contribution in [0.1, 0.15) is 46.8 Å². The molecule has 29 heavy (non-hydrogen) atoms. The highest BCUT2D eigenvalue weighted by molar-refractivity contribution is 7.11. The minimum atomic E-state index is 0.102. The van der Waals surface area contributed by atoms with Gasteiger partial charge in [0.1, 0.15) is 13.2 Å². The maximum atomic E-state index is 5.83. The van der Waals surface area contributed by atoms with Gasteiger partial charge in [0.15, 0.2) is 17.5 Å². The first-order valence-electron chi connectivity index (χ1n) is 10.4. The molecule has 1 aromatic carbocycles. The van der Waals surface area contributed by atoms with Crippen molar-refractivity contribution in [1.82, 2.24) is 15.6 Å². The van der Waals surface area contributed by atoms with Crippen molar-refractivity contribution in [2.45, 2.75) is 51.5 Å². The van der Waals surface area contributed by atoms with Gasteiger partial charge in [0.25, 0.3) is 0 Å². The third kappa shape index (κ3) is 4.34. The van der Waals surface area contributed by atoms with E-state index in [0.717, 1.165) is 41.2 Å². The van der Waals surface area contributed by atoms with Gasteiger partial charge in [-0.05, 0) is 44.4 Å².